The Hall–Kier alpha value is -5.71. The Labute approximate surface area is 379 Å². The van der Waals surface area contributed by atoms with Crippen LogP contribution in [-0.2, 0) is 4.74 Å². The van der Waals surface area contributed by atoms with Gasteiger partial charge in [0.15, 0.2) is 10.3 Å². The highest BCUT2D eigenvalue weighted by Gasteiger charge is 2.31. The van der Waals surface area contributed by atoms with Gasteiger partial charge >= 0.3 is 6.09 Å². The first kappa shape index (κ1) is 48.3. The van der Waals surface area contributed by atoms with Crippen molar-refractivity contribution >= 4 is 50.9 Å². The number of rotatable bonds is 17. The van der Waals surface area contributed by atoms with Gasteiger partial charge in [0.1, 0.15) is 30.3 Å². The summed E-state index contributed by atoms with van der Waals surface area (Å²) in [4.78, 5) is 38.6. The van der Waals surface area contributed by atoms with E-state index in [9.17, 15) is 4.79 Å². The molecule has 0 saturated heterocycles. The van der Waals surface area contributed by atoms with Gasteiger partial charge in [0, 0.05) is 52.2 Å². The van der Waals surface area contributed by atoms with Crippen LogP contribution in [0.3, 0.4) is 0 Å². The molecule has 4 heterocycles. The molecule has 0 aliphatic rings. The molecule has 2 aromatic carbocycles. The minimum atomic E-state index is -0.579. The van der Waals surface area contributed by atoms with E-state index in [1.165, 1.54) is 22.7 Å². The number of carbonyl (C=O) groups excluding carboxylic acids is 1. The third-order valence-electron chi connectivity index (χ3n) is 9.19. The lowest BCUT2D eigenvalue weighted by Gasteiger charge is -2.33. The van der Waals surface area contributed by atoms with Crippen molar-refractivity contribution in [1.82, 2.24) is 35.2 Å². The van der Waals surface area contributed by atoms with Crippen molar-refractivity contribution in [2.75, 3.05) is 23.8 Å². The number of amides is 1. The fraction of sp³-hybridized carbons (Fsp3) is 0.426. The van der Waals surface area contributed by atoms with Crippen LogP contribution in [0.15, 0.2) is 84.1 Å². The summed E-state index contributed by atoms with van der Waals surface area (Å²) in [5.41, 5.74) is 10.5. The number of benzene rings is 2. The quantitative estimate of drug-likeness (QED) is 0.0679. The van der Waals surface area contributed by atoms with Crippen molar-refractivity contribution in [1.29, 1.82) is 0 Å². The smallest absolute Gasteiger partial charge is 0.408 e. The average Bonchev–Trinajstić information content (AvgIpc) is 3.91. The zero-order valence-corrected chi connectivity index (χ0v) is 39.9. The van der Waals surface area contributed by atoms with Crippen LogP contribution < -0.4 is 31.2 Å². The average molecular weight is 895 g/mol. The normalized spacial score (nSPS) is 13.3. The minimum Gasteiger partial charge on any atom is -0.491 e. The molecule has 336 valence electrons. The Morgan fingerprint density at radius 3 is 1.56 bits per heavy atom. The Balaban J connectivity index is 0.000000243. The van der Waals surface area contributed by atoms with Crippen molar-refractivity contribution < 1.29 is 19.0 Å². The van der Waals surface area contributed by atoms with E-state index < -0.39 is 17.2 Å². The van der Waals surface area contributed by atoms with Gasteiger partial charge in [-0.25, -0.2) is 34.7 Å². The maximum Gasteiger partial charge on any atom is 0.408 e. The standard InChI is InChI=1S/C26H35N5O3S.C21H27N5OS/c1-17(2)15-26(7,31-24(32)34-25(4,5)6)16-33-21-9-8-19(14-18(21)3)20-10-11-27-22(29-20)30-23-28-12-13-35-23;1-14(2)12-21(4,22)13-27-18-6-5-16(11-15(18)3)17-7-8-23-19(25-17)26-20-24-9-10-28-20/h8-14,17H,15-16H2,1-7H3,(H,31,32)(H,27,28,29,30);5-11,14H,12-13,22H2,1-4H3,(H,23,24,25,26)/t26-;21-/m00/s1. The molecule has 0 spiro atoms. The molecule has 0 aliphatic carbocycles. The molecule has 1 amide bonds. The van der Waals surface area contributed by atoms with E-state index >= 15 is 0 Å². The molecule has 6 aromatic rings. The monoisotopic (exact) mass is 894 g/mol. The van der Waals surface area contributed by atoms with Gasteiger partial charge in [-0.1, -0.05) is 27.7 Å². The topological polar surface area (TPSA) is 184 Å². The van der Waals surface area contributed by atoms with Crippen LogP contribution in [0.5, 0.6) is 11.5 Å². The van der Waals surface area contributed by atoms with Crippen LogP contribution in [0.25, 0.3) is 22.5 Å². The van der Waals surface area contributed by atoms with Crippen LogP contribution in [0.2, 0.25) is 0 Å². The van der Waals surface area contributed by atoms with Gasteiger partial charge in [0.05, 0.1) is 16.9 Å². The number of aromatic nitrogens is 6. The number of aryl methyl sites for hydroxylation is 2. The number of thiazole rings is 2. The first-order chi connectivity index (χ1) is 29.7. The summed E-state index contributed by atoms with van der Waals surface area (Å²) < 4.78 is 17.7. The summed E-state index contributed by atoms with van der Waals surface area (Å²) in [6.45, 7) is 23.0. The second-order valence-electron chi connectivity index (χ2n) is 18.0. The predicted molar refractivity (Wildman–Crippen MR) is 255 cm³/mol. The molecule has 14 nitrogen and oxygen atoms in total. The molecular formula is C47H62N10O4S2. The zero-order valence-electron chi connectivity index (χ0n) is 38.3. The van der Waals surface area contributed by atoms with Crippen LogP contribution in [0.1, 0.15) is 86.3 Å². The lowest BCUT2D eigenvalue weighted by Crippen LogP contribution is -2.52. The van der Waals surface area contributed by atoms with Crippen molar-refractivity contribution in [2.24, 2.45) is 17.6 Å². The fourth-order valence-corrected chi connectivity index (χ4v) is 7.98. The van der Waals surface area contributed by atoms with E-state index in [1.807, 2.05) is 102 Å². The molecule has 0 bridgehead atoms. The molecule has 5 N–H and O–H groups in total. The van der Waals surface area contributed by atoms with E-state index in [0.717, 1.165) is 68.2 Å². The van der Waals surface area contributed by atoms with Crippen molar-refractivity contribution in [3.63, 3.8) is 0 Å². The zero-order chi connectivity index (χ0) is 45.8. The molecule has 0 fully saturated rings. The maximum atomic E-state index is 12.5. The summed E-state index contributed by atoms with van der Waals surface area (Å²) in [6.07, 6.45) is 8.16. The molecular weight excluding hydrogens is 833 g/mol. The summed E-state index contributed by atoms with van der Waals surface area (Å²) in [5, 5.41) is 14.6. The van der Waals surface area contributed by atoms with Gasteiger partial charge in [-0.2, -0.15) is 0 Å². The van der Waals surface area contributed by atoms with Gasteiger partial charge in [0.25, 0.3) is 0 Å². The molecule has 16 heteroatoms. The van der Waals surface area contributed by atoms with E-state index in [4.69, 9.17) is 19.9 Å². The molecule has 4 aromatic heterocycles. The Morgan fingerprint density at radius 2 is 1.14 bits per heavy atom. The molecule has 0 unspecified atom stereocenters. The van der Waals surface area contributed by atoms with Crippen molar-refractivity contribution in [3.05, 3.63) is 95.2 Å². The van der Waals surface area contributed by atoms with Gasteiger partial charge in [-0.05, 0) is 133 Å². The van der Waals surface area contributed by atoms with Crippen LogP contribution in [-0.4, -0.2) is 65.9 Å². The van der Waals surface area contributed by atoms with E-state index in [0.29, 0.717) is 36.9 Å². The fourth-order valence-electron chi connectivity index (χ4n) is 6.93. The van der Waals surface area contributed by atoms with Crippen LogP contribution in [0, 0.1) is 25.7 Å². The van der Waals surface area contributed by atoms with Gasteiger partial charge in [-0.3, -0.25) is 0 Å². The number of anilines is 4. The number of carbonyl (C=O) groups is 1. The molecule has 0 saturated carbocycles. The third kappa shape index (κ3) is 15.9. The predicted octanol–water partition coefficient (Wildman–Crippen LogP) is 11.2. The Bertz CT molecular complexity index is 2370. The lowest BCUT2D eigenvalue weighted by atomic mass is 9.91. The largest absolute Gasteiger partial charge is 0.491 e. The second kappa shape index (κ2) is 21.6. The minimum absolute atomic E-state index is 0.319. The van der Waals surface area contributed by atoms with Crippen molar-refractivity contribution in [2.45, 2.75) is 106 Å². The Kier molecular flexibility index (Phi) is 16.6. The van der Waals surface area contributed by atoms with E-state index in [2.05, 4.69) is 79.6 Å². The second-order valence-corrected chi connectivity index (χ2v) is 19.8. The highest BCUT2D eigenvalue weighted by molar-refractivity contribution is 7.13. The summed E-state index contributed by atoms with van der Waals surface area (Å²) in [6, 6.07) is 15.8. The molecule has 2 atom stereocenters. The van der Waals surface area contributed by atoms with Crippen LogP contribution in [0.4, 0.5) is 27.0 Å². The number of ether oxygens (including phenoxy) is 3. The number of nitrogens with zero attached hydrogens (tertiary/aromatic N) is 6. The molecule has 0 radical (unpaired) electrons. The Morgan fingerprint density at radius 1 is 0.667 bits per heavy atom. The number of alkyl carbamates (subject to hydrolysis) is 1. The summed E-state index contributed by atoms with van der Waals surface area (Å²) in [7, 11) is 0. The first-order valence-corrected chi connectivity index (χ1v) is 22.8. The van der Waals surface area contributed by atoms with Crippen molar-refractivity contribution in [3.8, 4) is 34.0 Å². The van der Waals surface area contributed by atoms with E-state index in [-0.39, 0.29) is 5.54 Å². The molecule has 6 rings (SSSR count). The highest BCUT2D eigenvalue weighted by atomic mass is 32.1. The molecule has 63 heavy (non-hydrogen) atoms. The van der Waals surface area contributed by atoms with Gasteiger partial charge in [-0.15, -0.1) is 22.7 Å². The van der Waals surface area contributed by atoms with Gasteiger partial charge in [0.2, 0.25) is 11.9 Å². The first-order valence-electron chi connectivity index (χ1n) is 21.0. The number of hydrogen-bond acceptors (Lipinski definition) is 15. The third-order valence-corrected chi connectivity index (χ3v) is 10.6. The summed E-state index contributed by atoms with van der Waals surface area (Å²) >= 11 is 2.99. The number of hydrogen-bond donors (Lipinski definition) is 4. The number of nitrogens with one attached hydrogen (secondary N) is 3. The number of nitrogens with two attached hydrogens (primary N) is 1. The lowest BCUT2D eigenvalue weighted by molar-refractivity contribution is 0.0407. The maximum absolute atomic E-state index is 12.5. The SMILES string of the molecule is Cc1cc(-c2ccnc(Nc3nccs3)n2)ccc1OC[C@@](C)(N)CC(C)C.Cc1cc(-c2ccnc(Nc3nccs3)n2)ccc1OC[C@](C)(CC(C)C)NC(=O)OC(C)(C)C. The summed E-state index contributed by atoms with van der Waals surface area (Å²) in [5.74, 6) is 3.52. The highest BCUT2D eigenvalue weighted by Crippen LogP contribution is 2.30. The van der Waals surface area contributed by atoms with Gasteiger partial charge < -0.3 is 35.9 Å². The van der Waals surface area contributed by atoms with E-state index in [1.54, 1.807) is 24.8 Å². The van der Waals surface area contributed by atoms with Crippen LogP contribution >= 0.6 is 22.7 Å². The molecule has 0 aliphatic heterocycles.